The summed E-state index contributed by atoms with van der Waals surface area (Å²) in [4.78, 5) is 0. The van der Waals surface area contributed by atoms with Crippen LogP contribution in [0.5, 0.6) is 0 Å². The fraction of sp³-hybridized carbons (Fsp3) is 0.583. The van der Waals surface area contributed by atoms with Gasteiger partial charge in [0.15, 0.2) is 0 Å². The van der Waals surface area contributed by atoms with Crippen molar-refractivity contribution in [3.8, 4) is 0 Å². The quantitative estimate of drug-likeness (QED) is 0.550. The molecule has 1 aliphatic rings. The second-order valence-corrected chi connectivity index (χ2v) is 3.59. The highest BCUT2D eigenvalue weighted by Crippen LogP contribution is 2.24. The second kappa shape index (κ2) is 4.33. The van der Waals surface area contributed by atoms with Crippen LogP contribution >= 0.6 is 0 Å². The van der Waals surface area contributed by atoms with Gasteiger partial charge in [-0.25, -0.2) is 0 Å². The zero-order valence-corrected chi connectivity index (χ0v) is 8.24. The average Bonchev–Trinajstić information content (AvgIpc) is 2.05. The number of hydrogen-bond acceptors (Lipinski definition) is 0. The SMILES string of the molecule is C=C(C)C1=C=C(CCC)CCC1. The molecule has 0 unspecified atom stereocenters. The molecule has 0 spiro atoms. The van der Waals surface area contributed by atoms with Gasteiger partial charge in [-0.3, -0.25) is 0 Å². The van der Waals surface area contributed by atoms with Crippen molar-refractivity contribution in [1.82, 2.24) is 0 Å². The molecule has 0 bridgehead atoms. The van der Waals surface area contributed by atoms with Crippen molar-refractivity contribution in [3.05, 3.63) is 29.0 Å². The van der Waals surface area contributed by atoms with Crippen LogP contribution in [0.4, 0.5) is 0 Å². The summed E-state index contributed by atoms with van der Waals surface area (Å²) in [7, 11) is 0. The number of hydrogen-bond donors (Lipinski definition) is 0. The van der Waals surface area contributed by atoms with Gasteiger partial charge >= 0.3 is 0 Å². The lowest BCUT2D eigenvalue weighted by Crippen LogP contribution is -1.93. The third-order valence-electron chi connectivity index (χ3n) is 2.30. The Hall–Kier alpha value is -0.740. The molecule has 66 valence electrons. The van der Waals surface area contributed by atoms with Crippen molar-refractivity contribution in [1.29, 1.82) is 0 Å². The van der Waals surface area contributed by atoms with Gasteiger partial charge in [-0.2, -0.15) is 0 Å². The van der Waals surface area contributed by atoms with Crippen LogP contribution in [0.25, 0.3) is 0 Å². The van der Waals surface area contributed by atoms with Gasteiger partial charge in [0.1, 0.15) is 0 Å². The van der Waals surface area contributed by atoms with Gasteiger partial charge < -0.3 is 0 Å². The topological polar surface area (TPSA) is 0 Å². The Morgan fingerprint density at radius 1 is 1.50 bits per heavy atom. The van der Waals surface area contributed by atoms with Crippen molar-refractivity contribution < 1.29 is 0 Å². The highest BCUT2D eigenvalue weighted by molar-refractivity contribution is 5.29. The summed E-state index contributed by atoms with van der Waals surface area (Å²) in [5.74, 6) is 0. The second-order valence-electron chi connectivity index (χ2n) is 3.59. The zero-order valence-electron chi connectivity index (χ0n) is 8.24. The molecule has 0 saturated carbocycles. The first-order valence-corrected chi connectivity index (χ1v) is 4.87. The highest BCUT2D eigenvalue weighted by Gasteiger charge is 2.06. The molecule has 0 fully saturated rings. The van der Waals surface area contributed by atoms with Gasteiger partial charge in [-0.15, -0.1) is 5.73 Å². The Morgan fingerprint density at radius 3 is 2.83 bits per heavy atom. The summed E-state index contributed by atoms with van der Waals surface area (Å²) < 4.78 is 0. The van der Waals surface area contributed by atoms with Crippen LogP contribution in [0.1, 0.15) is 46.0 Å². The van der Waals surface area contributed by atoms with E-state index < -0.39 is 0 Å². The Kier molecular flexibility index (Phi) is 3.37. The monoisotopic (exact) mass is 162 g/mol. The lowest BCUT2D eigenvalue weighted by molar-refractivity contribution is 0.737. The molecule has 0 saturated heterocycles. The zero-order chi connectivity index (χ0) is 8.97. The summed E-state index contributed by atoms with van der Waals surface area (Å²) in [6, 6.07) is 0. The summed E-state index contributed by atoms with van der Waals surface area (Å²) >= 11 is 0. The van der Waals surface area contributed by atoms with Crippen LogP contribution in [0.2, 0.25) is 0 Å². The third-order valence-corrected chi connectivity index (χ3v) is 2.30. The lowest BCUT2D eigenvalue weighted by Gasteiger charge is -2.12. The first kappa shape index (κ1) is 9.35. The van der Waals surface area contributed by atoms with Gasteiger partial charge in [0, 0.05) is 0 Å². The molecule has 0 radical (unpaired) electrons. The maximum absolute atomic E-state index is 3.96. The van der Waals surface area contributed by atoms with Crippen LogP contribution in [-0.2, 0) is 0 Å². The van der Waals surface area contributed by atoms with E-state index in [1.807, 2.05) is 0 Å². The van der Waals surface area contributed by atoms with Gasteiger partial charge in [0.25, 0.3) is 0 Å². The summed E-state index contributed by atoms with van der Waals surface area (Å²) in [6.07, 6.45) is 6.19. The first-order valence-electron chi connectivity index (χ1n) is 4.87. The van der Waals surface area contributed by atoms with Crippen LogP contribution in [0, 0.1) is 0 Å². The molecule has 0 aromatic heterocycles. The summed E-state index contributed by atoms with van der Waals surface area (Å²) in [6.45, 7) is 8.27. The minimum atomic E-state index is 1.18. The van der Waals surface area contributed by atoms with Crippen molar-refractivity contribution in [2.24, 2.45) is 0 Å². The lowest BCUT2D eigenvalue weighted by atomic mass is 9.93. The third kappa shape index (κ3) is 2.39. The molecule has 0 aromatic carbocycles. The molecule has 0 nitrogen and oxygen atoms in total. The molecule has 1 aliphatic carbocycles. The van der Waals surface area contributed by atoms with E-state index in [1.165, 1.54) is 48.8 Å². The van der Waals surface area contributed by atoms with Crippen LogP contribution < -0.4 is 0 Å². The fourth-order valence-corrected chi connectivity index (χ4v) is 1.63. The minimum Gasteiger partial charge on any atom is -0.118 e. The Bertz CT molecular complexity index is 237. The van der Waals surface area contributed by atoms with Gasteiger partial charge in [0.2, 0.25) is 0 Å². The van der Waals surface area contributed by atoms with Crippen LogP contribution in [0.3, 0.4) is 0 Å². The van der Waals surface area contributed by atoms with E-state index >= 15 is 0 Å². The summed E-state index contributed by atoms with van der Waals surface area (Å²) in [5.41, 5.74) is 7.54. The smallest absolute Gasteiger partial charge is 0.00374 e. The Balaban J connectivity index is 2.82. The van der Waals surface area contributed by atoms with E-state index in [9.17, 15) is 0 Å². The predicted molar refractivity (Wildman–Crippen MR) is 54.1 cm³/mol. The van der Waals surface area contributed by atoms with E-state index in [-0.39, 0.29) is 0 Å². The molecule has 0 atom stereocenters. The highest BCUT2D eigenvalue weighted by atomic mass is 14.1. The van der Waals surface area contributed by atoms with E-state index in [0.29, 0.717) is 0 Å². The molecule has 0 heteroatoms. The van der Waals surface area contributed by atoms with Crippen molar-refractivity contribution in [3.63, 3.8) is 0 Å². The van der Waals surface area contributed by atoms with Crippen LogP contribution in [-0.4, -0.2) is 0 Å². The Morgan fingerprint density at radius 2 is 2.25 bits per heavy atom. The molecule has 0 N–H and O–H groups in total. The molecular weight excluding hydrogens is 144 g/mol. The molecule has 0 heterocycles. The maximum atomic E-state index is 3.96. The Labute approximate surface area is 75.7 Å². The molecular formula is C12H18. The van der Waals surface area contributed by atoms with Crippen molar-refractivity contribution in [2.45, 2.75) is 46.0 Å². The van der Waals surface area contributed by atoms with E-state index in [2.05, 4.69) is 26.2 Å². The molecule has 0 amide bonds. The molecule has 1 rings (SSSR count). The first-order chi connectivity index (χ1) is 5.74. The van der Waals surface area contributed by atoms with Crippen molar-refractivity contribution in [2.75, 3.05) is 0 Å². The maximum Gasteiger partial charge on any atom is -0.00374 e. The average molecular weight is 162 g/mol. The fourth-order valence-electron chi connectivity index (χ4n) is 1.63. The van der Waals surface area contributed by atoms with E-state index in [0.717, 1.165) is 0 Å². The van der Waals surface area contributed by atoms with Gasteiger partial charge in [-0.05, 0) is 49.3 Å². The van der Waals surface area contributed by atoms with Gasteiger partial charge in [-0.1, -0.05) is 19.9 Å². The van der Waals surface area contributed by atoms with Crippen molar-refractivity contribution >= 4 is 0 Å². The summed E-state index contributed by atoms with van der Waals surface area (Å²) in [5, 5.41) is 0. The normalized spacial score (nSPS) is 16.8. The standard InChI is InChI=1S/C12H18/c1-4-6-11-7-5-8-12(9-11)10(2)3/h2,4-8H2,1,3H3. The predicted octanol–water partition coefficient (Wildman–Crippen LogP) is 4.00. The number of allylic oxidation sites excluding steroid dienone is 2. The molecule has 12 heavy (non-hydrogen) atoms. The van der Waals surface area contributed by atoms with Crippen LogP contribution in [0.15, 0.2) is 29.0 Å². The van der Waals surface area contributed by atoms with Gasteiger partial charge in [0.05, 0.1) is 0 Å². The largest absolute Gasteiger partial charge is 0.118 e. The van der Waals surface area contributed by atoms with E-state index in [1.54, 1.807) is 0 Å². The number of rotatable bonds is 3. The minimum absolute atomic E-state index is 1.18. The van der Waals surface area contributed by atoms with E-state index in [4.69, 9.17) is 0 Å². The molecule has 0 aromatic rings. The molecule has 0 aliphatic heterocycles.